The number of piperazine rings is 1. The Bertz CT molecular complexity index is 1090. The molecule has 0 spiro atoms. The van der Waals surface area contributed by atoms with Crippen molar-refractivity contribution in [3.05, 3.63) is 69.1 Å². The lowest BCUT2D eigenvalue weighted by Gasteiger charge is -2.36. The molecule has 4 rings (SSSR count). The van der Waals surface area contributed by atoms with Crippen LogP contribution in [0, 0.1) is 11.6 Å². The summed E-state index contributed by atoms with van der Waals surface area (Å²) in [5, 5.41) is 0.368. The van der Waals surface area contributed by atoms with Crippen molar-refractivity contribution in [2.24, 2.45) is 7.05 Å². The van der Waals surface area contributed by atoms with Crippen LogP contribution >= 0.6 is 11.6 Å². The number of aryl methyl sites for hydroxylation is 1. The Morgan fingerprint density at radius 2 is 1.82 bits per heavy atom. The van der Waals surface area contributed by atoms with Crippen LogP contribution in [0.15, 0.2) is 41.2 Å². The van der Waals surface area contributed by atoms with Crippen LogP contribution in [0.5, 0.6) is 0 Å². The molecule has 0 amide bonds. The van der Waals surface area contributed by atoms with Crippen LogP contribution in [0.2, 0.25) is 5.15 Å². The Morgan fingerprint density at radius 3 is 2.57 bits per heavy atom. The van der Waals surface area contributed by atoms with E-state index >= 15 is 0 Å². The van der Waals surface area contributed by atoms with Crippen molar-refractivity contribution in [2.75, 3.05) is 31.1 Å². The van der Waals surface area contributed by atoms with Gasteiger partial charge in [-0.1, -0.05) is 11.6 Å². The van der Waals surface area contributed by atoms with Gasteiger partial charge >= 0.3 is 0 Å². The summed E-state index contributed by atoms with van der Waals surface area (Å²) in [6.45, 7) is 2.96. The zero-order valence-corrected chi connectivity index (χ0v) is 16.1. The first-order chi connectivity index (χ1) is 13.4. The van der Waals surface area contributed by atoms with Crippen molar-refractivity contribution < 1.29 is 8.78 Å². The molecule has 1 aliphatic heterocycles. The van der Waals surface area contributed by atoms with Gasteiger partial charge in [0.2, 0.25) is 0 Å². The van der Waals surface area contributed by atoms with Crippen molar-refractivity contribution in [3.63, 3.8) is 0 Å². The zero-order valence-electron chi connectivity index (χ0n) is 15.3. The van der Waals surface area contributed by atoms with Gasteiger partial charge < -0.3 is 9.47 Å². The number of halogens is 3. The second kappa shape index (κ2) is 7.48. The Hall–Kier alpha value is -2.51. The first-order valence-corrected chi connectivity index (χ1v) is 9.38. The van der Waals surface area contributed by atoms with Gasteiger partial charge in [0.1, 0.15) is 22.3 Å². The minimum atomic E-state index is -0.440. The van der Waals surface area contributed by atoms with Crippen LogP contribution in [0.1, 0.15) is 5.56 Å². The number of rotatable bonds is 3. The molecule has 2 aromatic heterocycles. The van der Waals surface area contributed by atoms with Crippen molar-refractivity contribution in [1.82, 2.24) is 14.5 Å². The maximum atomic E-state index is 13.9. The molecule has 3 aromatic rings. The quantitative estimate of drug-likeness (QED) is 0.629. The molecule has 1 fully saturated rings. The molecule has 1 aromatic carbocycles. The molecule has 146 valence electrons. The number of pyridine rings is 2. The fraction of sp³-hybridized carbons (Fsp3) is 0.300. The van der Waals surface area contributed by atoms with E-state index in [1.165, 1.54) is 6.07 Å². The summed E-state index contributed by atoms with van der Waals surface area (Å²) < 4.78 is 28.8. The highest BCUT2D eigenvalue weighted by atomic mass is 35.5. The molecule has 0 bridgehead atoms. The number of anilines is 1. The van der Waals surface area contributed by atoms with E-state index in [4.69, 9.17) is 11.6 Å². The number of fused-ring (bicyclic) bond motifs is 1. The highest BCUT2D eigenvalue weighted by molar-refractivity contribution is 6.29. The van der Waals surface area contributed by atoms with E-state index in [0.29, 0.717) is 49.0 Å². The van der Waals surface area contributed by atoms with Crippen LogP contribution in [-0.2, 0) is 13.6 Å². The normalized spacial score (nSPS) is 15.4. The van der Waals surface area contributed by atoms with Crippen LogP contribution in [-0.4, -0.2) is 40.6 Å². The third-order valence-corrected chi connectivity index (χ3v) is 5.36. The van der Waals surface area contributed by atoms with Gasteiger partial charge in [-0.15, -0.1) is 0 Å². The fourth-order valence-corrected chi connectivity index (χ4v) is 3.73. The summed E-state index contributed by atoms with van der Waals surface area (Å²) in [6.07, 6.45) is 0. The number of hydrogen-bond acceptors (Lipinski definition) is 4. The molecule has 5 nitrogen and oxygen atoms in total. The minimum absolute atomic E-state index is 0.115. The molecule has 0 N–H and O–H groups in total. The third kappa shape index (κ3) is 3.59. The van der Waals surface area contributed by atoms with Crippen LogP contribution < -0.4 is 10.5 Å². The van der Waals surface area contributed by atoms with E-state index in [2.05, 4.69) is 14.8 Å². The van der Waals surface area contributed by atoms with Gasteiger partial charge in [0.15, 0.2) is 0 Å². The second-order valence-electron chi connectivity index (χ2n) is 6.93. The summed E-state index contributed by atoms with van der Waals surface area (Å²) in [7, 11) is 1.70. The van der Waals surface area contributed by atoms with Crippen molar-refractivity contribution in [3.8, 4) is 0 Å². The number of nitrogens with zero attached hydrogens (tertiary/aromatic N) is 4. The van der Waals surface area contributed by atoms with Gasteiger partial charge in [-0.2, -0.15) is 0 Å². The van der Waals surface area contributed by atoms with E-state index in [9.17, 15) is 13.6 Å². The fourth-order valence-electron chi connectivity index (χ4n) is 3.58. The Balaban J connectivity index is 1.56. The molecule has 1 saturated heterocycles. The molecule has 8 heteroatoms. The van der Waals surface area contributed by atoms with E-state index in [1.807, 2.05) is 0 Å². The van der Waals surface area contributed by atoms with Gasteiger partial charge in [-0.3, -0.25) is 9.69 Å². The highest BCUT2D eigenvalue weighted by Crippen LogP contribution is 2.26. The first-order valence-electron chi connectivity index (χ1n) is 9.00. The lowest BCUT2D eigenvalue weighted by atomic mass is 10.1. The molecular formula is C20H19ClF2N4O. The average Bonchev–Trinajstić information content (AvgIpc) is 2.68. The van der Waals surface area contributed by atoms with Gasteiger partial charge in [-0.05, 0) is 30.3 Å². The van der Waals surface area contributed by atoms with Crippen LogP contribution in [0.3, 0.4) is 0 Å². The van der Waals surface area contributed by atoms with E-state index in [1.54, 1.807) is 29.8 Å². The molecular weight excluding hydrogens is 386 g/mol. The molecule has 0 radical (unpaired) electrons. The summed E-state index contributed by atoms with van der Waals surface area (Å²) in [5.74, 6) is -0.843. The second-order valence-corrected chi connectivity index (χ2v) is 7.31. The lowest BCUT2D eigenvalue weighted by Crippen LogP contribution is -2.46. The Morgan fingerprint density at radius 1 is 1.07 bits per heavy atom. The molecule has 0 atom stereocenters. The van der Waals surface area contributed by atoms with Gasteiger partial charge in [0.25, 0.3) is 5.56 Å². The highest BCUT2D eigenvalue weighted by Gasteiger charge is 2.21. The Kier molecular flexibility index (Phi) is 5.03. The summed E-state index contributed by atoms with van der Waals surface area (Å²) in [6, 6.07) is 8.55. The van der Waals surface area contributed by atoms with Gasteiger partial charge in [0.05, 0.1) is 11.2 Å². The van der Waals surface area contributed by atoms with E-state index in [-0.39, 0.29) is 5.56 Å². The van der Waals surface area contributed by atoms with Crippen LogP contribution in [0.4, 0.5) is 14.5 Å². The SMILES string of the molecule is Cn1c(=O)cc(N2CCN(Cc3cc(F)ccc3F)CC2)c2nc(Cl)ccc21. The molecule has 0 aliphatic carbocycles. The standard InChI is InChI=1S/C20H19ClF2N4O/c1-25-16-4-5-18(21)24-20(16)17(11-19(25)28)27-8-6-26(7-9-27)12-13-10-14(22)2-3-15(13)23/h2-5,10-11H,6-9,12H2,1H3. The van der Waals surface area contributed by atoms with Gasteiger partial charge in [-0.25, -0.2) is 13.8 Å². The van der Waals surface area contributed by atoms with E-state index in [0.717, 1.165) is 23.3 Å². The molecule has 3 heterocycles. The smallest absolute Gasteiger partial charge is 0.252 e. The summed E-state index contributed by atoms with van der Waals surface area (Å²) in [5.41, 5.74) is 2.38. The first kappa shape index (κ1) is 18.8. The van der Waals surface area contributed by atoms with Gasteiger partial charge in [0, 0.05) is 51.4 Å². The molecule has 0 unspecified atom stereocenters. The average molecular weight is 405 g/mol. The monoisotopic (exact) mass is 404 g/mol. The molecule has 28 heavy (non-hydrogen) atoms. The Labute approximate surface area is 165 Å². The van der Waals surface area contributed by atoms with Crippen molar-refractivity contribution in [1.29, 1.82) is 0 Å². The zero-order chi connectivity index (χ0) is 19.8. The predicted octanol–water partition coefficient (Wildman–Crippen LogP) is 3.19. The van der Waals surface area contributed by atoms with E-state index < -0.39 is 11.6 Å². The summed E-state index contributed by atoms with van der Waals surface area (Å²) >= 11 is 6.07. The van der Waals surface area contributed by atoms with Crippen molar-refractivity contribution in [2.45, 2.75) is 6.54 Å². The maximum Gasteiger partial charge on any atom is 0.252 e. The topological polar surface area (TPSA) is 41.4 Å². The summed E-state index contributed by atoms with van der Waals surface area (Å²) in [4.78, 5) is 20.9. The van der Waals surface area contributed by atoms with Crippen LogP contribution in [0.25, 0.3) is 11.0 Å². The lowest BCUT2D eigenvalue weighted by molar-refractivity contribution is 0.246. The number of aromatic nitrogens is 2. The minimum Gasteiger partial charge on any atom is -0.367 e. The molecule has 0 saturated carbocycles. The molecule has 1 aliphatic rings. The van der Waals surface area contributed by atoms with Crippen molar-refractivity contribution >= 4 is 28.3 Å². The predicted molar refractivity (Wildman–Crippen MR) is 106 cm³/mol. The number of hydrogen-bond donors (Lipinski definition) is 0. The maximum absolute atomic E-state index is 13.9. The third-order valence-electron chi connectivity index (χ3n) is 5.15. The number of benzene rings is 1. The largest absolute Gasteiger partial charge is 0.367 e.